The number of pyridine rings is 2. The lowest BCUT2D eigenvalue weighted by molar-refractivity contribution is -0.137. The molecule has 0 atom stereocenters. The van der Waals surface area contributed by atoms with Crippen LogP contribution in [0.3, 0.4) is 0 Å². The SMILES string of the molecule is Cc1cc(C(F)(F)F)cc(N2CCc3cccnc32)n1. The molecule has 6 heteroatoms. The van der Waals surface area contributed by atoms with Crippen LogP contribution in [0.5, 0.6) is 0 Å². The van der Waals surface area contributed by atoms with Crippen LogP contribution in [0.4, 0.5) is 24.8 Å². The van der Waals surface area contributed by atoms with E-state index in [0.29, 0.717) is 23.9 Å². The first-order valence-electron chi connectivity index (χ1n) is 6.22. The van der Waals surface area contributed by atoms with Crippen molar-refractivity contribution in [3.8, 4) is 0 Å². The fraction of sp³-hybridized carbons (Fsp3) is 0.286. The summed E-state index contributed by atoms with van der Waals surface area (Å²) in [7, 11) is 0. The molecule has 0 radical (unpaired) electrons. The molecule has 0 unspecified atom stereocenters. The standard InChI is InChI=1S/C14H12F3N3/c1-9-7-11(14(15,16)17)8-12(19-9)20-6-4-10-3-2-5-18-13(10)20/h2-3,5,7-8H,4,6H2,1H3. The number of fused-ring (bicyclic) bond motifs is 1. The van der Waals surface area contributed by atoms with E-state index >= 15 is 0 Å². The summed E-state index contributed by atoms with van der Waals surface area (Å²) in [5.74, 6) is 0.994. The van der Waals surface area contributed by atoms with Crippen LogP contribution in [0, 0.1) is 6.92 Å². The molecule has 2 aromatic rings. The minimum absolute atomic E-state index is 0.301. The lowest BCUT2D eigenvalue weighted by Gasteiger charge is -2.19. The molecule has 20 heavy (non-hydrogen) atoms. The molecular formula is C14H12F3N3. The Labute approximate surface area is 114 Å². The number of nitrogens with zero attached hydrogens (tertiary/aromatic N) is 3. The van der Waals surface area contributed by atoms with Gasteiger partial charge in [0.25, 0.3) is 0 Å². The highest BCUT2D eigenvalue weighted by molar-refractivity contribution is 5.64. The molecule has 0 fully saturated rings. The van der Waals surface area contributed by atoms with Crippen molar-refractivity contribution < 1.29 is 13.2 Å². The highest BCUT2D eigenvalue weighted by Gasteiger charge is 2.32. The number of alkyl halides is 3. The summed E-state index contributed by atoms with van der Waals surface area (Å²) in [6.07, 6.45) is -1.97. The van der Waals surface area contributed by atoms with E-state index in [-0.39, 0.29) is 0 Å². The Morgan fingerprint density at radius 1 is 1.25 bits per heavy atom. The number of halogens is 3. The van der Waals surface area contributed by atoms with E-state index in [0.717, 1.165) is 24.1 Å². The minimum Gasteiger partial charge on any atom is -0.310 e. The van der Waals surface area contributed by atoms with Crippen molar-refractivity contribution in [2.75, 3.05) is 11.4 Å². The summed E-state index contributed by atoms with van der Waals surface area (Å²) in [6, 6.07) is 5.89. The van der Waals surface area contributed by atoms with E-state index in [1.807, 2.05) is 12.1 Å². The highest BCUT2D eigenvalue weighted by atomic mass is 19.4. The van der Waals surface area contributed by atoms with E-state index in [2.05, 4.69) is 9.97 Å². The molecule has 0 aliphatic carbocycles. The first kappa shape index (κ1) is 12.9. The first-order valence-corrected chi connectivity index (χ1v) is 6.22. The summed E-state index contributed by atoms with van der Waals surface area (Å²) in [5, 5.41) is 0. The van der Waals surface area contributed by atoms with Crippen LogP contribution in [-0.4, -0.2) is 16.5 Å². The second kappa shape index (κ2) is 4.47. The van der Waals surface area contributed by atoms with Gasteiger partial charge >= 0.3 is 6.18 Å². The third-order valence-corrected chi connectivity index (χ3v) is 3.27. The zero-order valence-electron chi connectivity index (χ0n) is 10.8. The average Bonchev–Trinajstić information content (AvgIpc) is 2.80. The smallest absolute Gasteiger partial charge is 0.310 e. The molecule has 104 valence electrons. The van der Waals surface area contributed by atoms with E-state index in [4.69, 9.17) is 0 Å². The molecule has 0 N–H and O–H groups in total. The van der Waals surface area contributed by atoms with E-state index in [9.17, 15) is 13.2 Å². The van der Waals surface area contributed by atoms with Gasteiger partial charge in [-0.3, -0.25) is 0 Å². The lowest BCUT2D eigenvalue weighted by Crippen LogP contribution is -2.17. The van der Waals surface area contributed by atoms with Gasteiger partial charge in [0, 0.05) is 18.4 Å². The Hall–Kier alpha value is -2.11. The summed E-state index contributed by atoms with van der Waals surface area (Å²) in [6.45, 7) is 2.16. The molecule has 0 spiro atoms. The van der Waals surface area contributed by atoms with E-state index in [1.165, 1.54) is 0 Å². The topological polar surface area (TPSA) is 29.0 Å². The predicted molar refractivity (Wildman–Crippen MR) is 68.9 cm³/mol. The molecule has 3 nitrogen and oxygen atoms in total. The summed E-state index contributed by atoms with van der Waals surface area (Å²) in [4.78, 5) is 10.2. The van der Waals surface area contributed by atoms with Crippen molar-refractivity contribution >= 4 is 11.6 Å². The normalized spacial score (nSPS) is 14.5. The van der Waals surface area contributed by atoms with Gasteiger partial charge in [0.05, 0.1) is 5.56 Å². The van der Waals surface area contributed by atoms with Gasteiger partial charge in [-0.2, -0.15) is 13.2 Å². The van der Waals surface area contributed by atoms with Crippen LogP contribution < -0.4 is 4.90 Å². The van der Waals surface area contributed by atoms with Gasteiger partial charge in [-0.1, -0.05) is 6.07 Å². The number of rotatable bonds is 1. The largest absolute Gasteiger partial charge is 0.416 e. The van der Waals surface area contributed by atoms with Crippen LogP contribution in [0.2, 0.25) is 0 Å². The van der Waals surface area contributed by atoms with Crippen molar-refractivity contribution in [1.82, 2.24) is 9.97 Å². The van der Waals surface area contributed by atoms with Gasteiger partial charge in [0.2, 0.25) is 0 Å². The zero-order valence-corrected chi connectivity index (χ0v) is 10.8. The van der Waals surface area contributed by atoms with Crippen molar-refractivity contribution in [3.05, 3.63) is 47.3 Å². The Morgan fingerprint density at radius 2 is 2.05 bits per heavy atom. The Kier molecular flexibility index (Phi) is 2.88. The summed E-state index contributed by atoms with van der Waals surface area (Å²) < 4.78 is 38.6. The average molecular weight is 279 g/mol. The van der Waals surface area contributed by atoms with Gasteiger partial charge in [0.15, 0.2) is 0 Å². The third-order valence-electron chi connectivity index (χ3n) is 3.27. The number of hydrogen-bond donors (Lipinski definition) is 0. The van der Waals surface area contributed by atoms with Gasteiger partial charge in [-0.15, -0.1) is 0 Å². The van der Waals surface area contributed by atoms with Gasteiger partial charge in [0.1, 0.15) is 11.6 Å². The molecule has 0 saturated heterocycles. The number of anilines is 2. The van der Waals surface area contributed by atoms with Crippen molar-refractivity contribution in [1.29, 1.82) is 0 Å². The molecule has 3 heterocycles. The van der Waals surface area contributed by atoms with Crippen LogP contribution >= 0.6 is 0 Å². The predicted octanol–water partition coefficient (Wildman–Crippen LogP) is 3.50. The maximum atomic E-state index is 12.9. The van der Waals surface area contributed by atoms with Gasteiger partial charge < -0.3 is 4.90 Å². The van der Waals surface area contributed by atoms with E-state index in [1.54, 1.807) is 18.0 Å². The van der Waals surface area contributed by atoms with Crippen LogP contribution in [0.25, 0.3) is 0 Å². The van der Waals surface area contributed by atoms with Crippen LogP contribution in [-0.2, 0) is 12.6 Å². The maximum Gasteiger partial charge on any atom is 0.416 e. The second-order valence-electron chi connectivity index (χ2n) is 4.74. The fourth-order valence-corrected chi connectivity index (χ4v) is 2.38. The monoisotopic (exact) mass is 279 g/mol. The zero-order chi connectivity index (χ0) is 14.3. The molecule has 1 aliphatic heterocycles. The molecule has 0 amide bonds. The van der Waals surface area contributed by atoms with Crippen LogP contribution in [0.15, 0.2) is 30.5 Å². The lowest BCUT2D eigenvalue weighted by atomic mass is 10.2. The number of aromatic nitrogens is 2. The molecule has 0 aromatic carbocycles. The molecule has 0 saturated carbocycles. The molecule has 0 bridgehead atoms. The molecule has 3 rings (SSSR count). The van der Waals surface area contributed by atoms with Crippen molar-refractivity contribution in [2.45, 2.75) is 19.5 Å². The fourth-order valence-electron chi connectivity index (χ4n) is 2.38. The van der Waals surface area contributed by atoms with E-state index < -0.39 is 11.7 Å². The summed E-state index contributed by atoms with van der Waals surface area (Å²) in [5.41, 5.74) is 0.702. The number of hydrogen-bond acceptors (Lipinski definition) is 3. The van der Waals surface area contributed by atoms with Gasteiger partial charge in [-0.05, 0) is 37.1 Å². The van der Waals surface area contributed by atoms with Crippen molar-refractivity contribution in [2.24, 2.45) is 0 Å². The summed E-state index contributed by atoms with van der Waals surface area (Å²) >= 11 is 0. The highest BCUT2D eigenvalue weighted by Crippen LogP contribution is 2.35. The molecular weight excluding hydrogens is 267 g/mol. The Balaban J connectivity index is 2.06. The minimum atomic E-state index is -4.37. The molecule has 2 aromatic heterocycles. The Bertz CT molecular complexity index is 652. The first-order chi connectivity index (χ1) is 9.45. The van der Waals surface area contributed by atoms with Crippen molar-refractivity contribution in [3.63, 3.8) is 0 Å². The van der Waals surface area contributed by atoms with Gasteiger partial charge in [-0.25, -0.2) is 9.97 Å². The second-order valence-corrected chi connectivity index (χ2v) is 4.74. The molecule has 1 aliphatic rings. The maximum absolute atomic E-state index is 12.9. The quantitative estimate of drug-likeness (QED) is 0.800. The van der Waals surface area contributed by atoms with Crippen LogP contribution in [0.1, 0.15) is 16.8 Å². The third kappa shape index (κ3) is 2.21. The Morgan fingerprint density at radius 3 is 2.80 bits per heavy atom. The number of aryl methyl sites for hydroxylation is 1.